The molecule has 1 unspecified atom stereocenters. The summed E-state index contributed by atoms with van der Waals surface area (Å²) in [6, 6.07) is 3.17. The molecule has 1 aromatic rings. The van der Waals surface area contributed by atoms with Gasteiger partial charge in [0.2, 0.25) is 0 Å². The second-order valence-electron chi connectivity index (χ2n) is 4.73. The number of hydrogen-bond donors (Lipinski definition) is 0. The largest absolute Gasteiger partial charge is 0.300 e. The van der Waals surface area contributed by atoms with Gasteiger partial charge in [0.1, 0.15) is 9.99 Å². The standard InChI is InChI=1S/C12H16BrNO3S2/c1-9(15)8-10-4-2-3-7-14(10)19(16,17)12-6-5-11(13)18-12/h5-6,10H,2-4,7-8H2,1H3. The Labute approximate surface area is 126 Å². The summed E-state index contributed by atoms with van der Waals surface area (Å²) in [7, 11) is -3.47. The summed E-state index contributed by atoms with van der Waals surface area (Å²) in [5.74, 6) is 0.0412. The first kappa shape index (κ1) is 15.2. The zero-order valence-corrected chi connectivity index (χ0v) is 13.9. The molecule has 1 fully saturated rings. The van der Waals surface area contributed by atoms with Gasteiger partial charge < -0.3 is 0 Å². The number of Topliss-reactive ketones (excluding diaryl/α,β-unsaturated/α-hetero) is 1. The average Bonchev–Trinajstić information content (AvgIpc) is 2.76. The maximum atomic E-state index is 12.6. The lowest BCUT2D eigenvalue weighted by Crippen LogP contribution is -2.44. The molecule has 0 radical (unpaired) electrons. The molecule has 7 heteroatoms. The van der Waals surface area contributed by atoms with E-state index < -0.39 is 10.0 Å². The smallest absolute Gasteiger partial charge is 0.252 e. The predicted molar refractivity (Wildman–Crippen MR) is 78.8 cm³/mol. The van der Waals surface area contributed by atoms with Crippen LogP contribution in [0.25, 0.3) is 0 Å². The highest BCUT2D eigenvalue weighted by atomic mass is 79.9. The molecule has 0 saturated carbocycles. The number of rotatable bonds is 4. The molecule has 19 heavy (non-hydrogen) atoms. The lowest BCUT2D eigenvalue weighted by Gasteiger charge is -2.33. The van der Waals surface area contributed by atoms with Crippen LogP contribution in [0.5, 0.6) is 0 Å². The molecule has 0 aromatic carbocycles. The van der Waals surface area contributed by atoms with E-state index >= 15 is 0 Å². The molecule has 2 rings (SSSR count). The monoisotopic (exact) mass is 365 g/mol. The van der Waals surface area contributed by atoms with Crippen LogP contribution >= 0.6 is 27.3 Å². The van der Waals surface area contributed by atoms with E-state index in [4.69, 9.17) is 0 Å². The minimum absolute atomic E-state index is 0.0412. The summed E-state index contributed by atoms with van der Waals surface area (Å²) in [6.07, 6.45) is 2.93. The van der Waals surface area contributed by atoms with Crippen molar-refractivity contribution in [3.8, 4) is 0 Å². The number of carbonyl (C=O) groups excluding carboxylic acids is 1. The molecule has 1 saturated heterocycles. The fourth-order valence-corrected chi connectivity index (χ4v) is 6.21. The maximum Gasteiger partial charge on any atom is 0.252 e. The summed E-state index contributed by atoms with van der Waals surface area (Å²) in [5.41, 5.74) is 0. The van der Waals surface area contributed by atoms with Gasteiger partial charge in [0.25, 0.3) is 10.0 Å². The number of halogens is 1. The third-order valence-corrected chi connectivity index (χ3v) is 7.25. The van der Waals surface area contributed by atoms with Crippen LogP contribution in [0.4, 0.5) is 0 Å². The number of thiophene rings is 1. The number of nitrogens with zero attached hydrogens (tertiary/aromatic N) is 1. The molecule has 1 aliphatic heterocycles. The highest BCUT2D eigenvalue weighted by Crippen LogP contribution is 2.32. The summed E-state index contributed by atoms with van der Waals surface area (Å²) in [6.45, 7) is 2.02. The van der Waals surface area contributed by atoms with E-state index in [2.05, 4.69) is 15.9 Å². The summed E-state index contributed by atoms with van der Waals surface area (Å²) in [5, 5.41) is 0. The van der Waals surface area contributed by atoms with Crippen molar-refractivity contribution in [3.05, 3.63) is 15.9 Å². The van der Waals surface area contributed by atoms with Crippen LogP contribution in [0.2, 0.25) is 0 Å². The van der Waals surface area contributed by atoms with Crippen molar-refractivity contribution in [2.45, 2.75) is 42.9 Å². The van der Waals surface area contributed by atoms with E-state index in [9.17, 15) is 13.2 Å². The molecule has 106 valence electrons. The number of hydrogen-bond acceptors (Lipinski definition) is 4. The minimum Gasteiger partial charge on any atom is -0.300 e. The Hall–Kier alpha value is -0.240. The van der Waals surface area contributed by atoms with Crippen LogP contribution in [-0.4, -0.2) is 31.1 Å². The van der Waals surface area contributed by atoms with Gasteiger partial charge in [-0.05, 0) is 47.8 Å². The van der Waals surface area contributed by atoms with Gasteiger partial charge in [0.15, 0.2) is 0 Å². The average molecular weight is 366 g/mol. The molecule has 0 bridgehead atoms. The van der Waals surface area contributed by atoms with Crippen LogP contribution in [0.1, 0.15) is 32.6 Å². The van der Waals surface area contributed by atoms with E-state index in [1.54, 1.807) is 12.1 Å². The molecule has 0 N–H and O–H groups in total. The Balaban J connectivity index is 2.28. The van der Waals surface area contributed by atoms with E-state index in [0.717, 1.165) is 23.0 Å². The molecule has 1 aliphatic rings. The van der Waals surface area contributed by atoms with E-state index in [-0.39, 0.29) is 11.8 Å². The van der Waals surface area contributed by atoms with Crippen molar-refractivity contribution in [1.82, 2.24) is 4.31 Å². The molecule has 1 atom stereocenters. The normalized spacial score (nSPS) is 21.5. The Morgan fingerprint density at radius 2 is 2.21 bits per heavy atom. The second kappa shape index (κ2) is 6.03. The molecule has 0 amide bonds. The lowest BCUT2D eigenvalue weighted by atomic mass is 10.0. The number of ketones is 1. The maximum absolute atomic E-state index is 12.6. The van der Waals surface area contributed by atoms with Crippen molar-refractivity contribution >= 4 is 43.1 Å². The Morgan fingerprint density at radius 3 is 2.79 bits per heavy atom. The highest BCUT2D eigenvalue weighted by Gasteiger charge is 2.34. The third-order valence-electron chi connectivity index (χ3n) is 3.21. The zero-order valence-electron chi connectivity index (χ0n) is 10.6. The van der Waals surface area contributed by atoms with Gasteiger partial charge in [-0.25, -0.2) is 8.42 Å². The Bertz CT molecular complexity index is 567. The van der Waals surface area contributed by atoms with E-state index in [1.165, 1.54) is 22.6 Å². The van der Waals surface area contributed by atoms with Crippen LogP contribution in [-0.2, 0) is 14.8 Å². The minimum atomic E-state index is -3.47. The third kappa shape index (κ3) is 3.45. The SMILES string of the molecule is CC(=O)CC1CCCCN1S(=O)(=O)c1ccc(Br)s1. The van der Waals surface area contributed by atoms with Crippen LogP contribution in [0.3, 0.4) is 0 Å². The number of piperidine rings is 1. The first-order valence-electron chi connectivity index (χ1n) is 6.18. The van der Waals surface area contributed by atoms with Crippen molar-refractivity contribution < 1.29 is 13.2 Å². The quantitative estimate of drug-likeness (QED) is 0.823. The van der Waals surface area contributed by atoms with Gasteiger partial charge in [-0.3, -0.25) is 4.79 Å². The molecule has 2 heterocycles. The Kier molecular flexibility index (Phi) is 4.81. The van der Waals surface area contributed by atoms with Gasteiger partial charge in [0.05, 0.1) is 3.79 Å². The van der Waals surface area contributed by atoms with Crippen molar-refractivity contribution in [1.29, 1.82) is 0 Å². The second-order valence-corrected chi connectivity index (χ2v) is 9.31. The van der Waals surface area contributed by atoms with Crippen LogP contribution in [0.15, 0.2) is 20.1 Å². The summed E-state index contributed by atoms with van der Waals surface area (Å²) in [4.78, 5) is 11.3. The van der Waals surface area contributed by atoms with E-state index in [0.29, 0.717) is 17.2 Å². The molecule has 1 aromatic heterocycles. The van der Waals surface area contributed by atoms with Gasteiger partial charge in [-0.15, -0.1) is 11.3 Å². The summed E-state index contributed by atoms with van der Waals surface area (Å²) < 4.78 is 27.8. The molecule has 0 spiro atoms. The predicted octanol–water partition coefficient (Wildman–Crippen LogP) is 3.03. The highest BCUT2D eigenvalue weighted by molar-refractivity contribution is 9.11. The summed E-state index contributed by atoms with van der Waals surface area (Å²) >= 11 is 4.50. The van der Waals surface area contributed by atoms with Gasteiger partial charge in [-0.2, -0.15) is 4.31 Å². The number of carbonyl (C=O) groups is 1. The van der Waals surface area contributed by atoms with Crippen molar-refractivity contribution in [2.75, 3.05) is 6.54 Å². The topological polar surface area (TPSA) is 54.5 Å². The zero-order chi connectivity index (χ0) is 14.0. The fourth-order valence-electron chi connectivity index (χ4n) is 2.38. The van der Waals surface area contributed by atoms with Crippen molar-refractivity contribution in [3.63, 3.8) is 0 Å². The fraction of sp³-hybridized carbons (Fsp3) is 0.583. The molecular formula is C12H16BrNO3S2. The van der Waals surface area contributed by atoms with Crippen LogP contribution < -0.4 is 0 Å². The molecule has 0 aliphatic carbocycles. The Morgan fingerprint density at radius 1 is 1.47 bits per heavy atom. The lowest BCUT2D eigenvalue weighted by molar-refractivity contribution is -0.118. The first-order chi connectivity index (χ1) is 8.91. The van der Waals surface area contributed by atoms with Crippen molar-refractivity contribution in [2.24, 2.45) is 0 Å². The van der Waals surface area contributed by atoms with Gasteiger partial charge in [0, 0.05) is 19.0 Å². The first-order valence-corrected chi connectivity index (χ1v) is 9.23. The van der Waals surface area contributed by atoms with E-state index in [1.807, 2.05) is 0 Å². The van der Waals surface area contributed by atoms with Crippen LogP contribution in [0, 0.1) is 0 Å². The number of sulfonamides is 1. The van der Waals surface area contributed by atoms with Gasteiger partial charge in [-0.1, -0.05) is 6.42 Å². The molecule has 4 nitrogen and oxygen atoms in total. The molecular weight excluding hydrogens is 350 g/mol. The van der Waals surface area contributed by atoms with Gasteiger partial charge >= 0.3 is 0 Å².